The van der Waals surface area contributed by atoms with Gasteiger partial charge in [0.05, 0.1) is 39.5 Å². The first-order valence-corrected chi connectivity index (χ1v) is 15.6. The molecule has 2 aromatic carbocycles. The zero-order valence-electron chi connectivity index (χ0n) is 25.2. The monoisotopic (exact) mass is 666 g/mol. The topological polar surface area (TPSA) is 110 Å². The molecule has 0 radical (unpaired) electrons. The Hall–Kier alpha value is -3.19. The van der Waals surface area contributed by atoms with E-state index in [1.165, 1.54) is 18.2 Å². The summed E-state index contributed by atoms with van der Waals surface area (Å²) >= 11 is 14.7. The van der Waals surface area contributed by atoms with Crippen molar-refractivity contribution in [3.8, 4) is 11.1 Å². The number of rotatable bonds is 2. The molecule has 0 unspecified atom stereocenters. The summed E-state index contributed by atoms with van der Waals surface area (Å²) in [4.78, 5) is 46.6. The minimum atomic E-state index is -0.732. The molecule has 0 bridgehead atoms. The minimum absolute atomic E-state index is 0.00764. The number of anilines is 1. The maximum absolute atomic E-state index is 14.9. The molecule has 3 amide bonds. The smallest absolute Gasteiger partial charge is 0.413 e. The lowest BCUT2D eigenvalue weighted by molar-refractivity contribution is -0.0158. The highest BCUT2D eigenvalue weighted by Crippen LogP contribution is 2.44. The first kappa shape index (κ1) is 32.2. The lowest BCUT2D eigenvalue weighted by Crippen LogP contribution is -2.59. The second-order valence-electron chi connectivity index (χ2n) is 12.6. The number of nitrogens with one attached hydrogen (secondary N) is 1. The highest BCUT2D eigenvalue weighted by atomic mass is 35.5. The number of thiazole rings is 1. The highest BCUT2D eigenvalue weighted by Gasteiger charge is 2.38. The Bertz CT molecular complexity index is 1650. The average molecular weight is 668 g/mol. The lowest BCUT2D eigenvalue weighted by atomic mass is 9.96. The number of amides is 3. The number of halogens is 3. The van der Waals surface area contributed by atoms with E-state index in [0.29, 0.717) is 23.2 Å². The fourth-order valence-corrected chi connectivity index (χ4v) is 6.67. The molecule has 2 aliphatic heterocycles. The molecule has 1 saturated heterocycles. The highest BCUT2D eigenvalue weighted by molar-refractivity contribution is 7.22. The van der Waals surface area contributed by atoms with Crippen LogP contribution in [0, 0.1) is 5.82 Å². The van der Waals surface area contributed by atoms with Gasteiger partial charge in [0.25, 0.3) is 5.91 Å². The van der Waals surface area contributed by atoms with Crippen LogP contribution < -0.4 is 5.32 Å². The maximum atomic E-state index is 14.9. The van der Waals surface area contributed by atoms with E-state index in [1.807, 2.05) is 0 Å². The summed E-state index contributed by atoms with van der Waals surface area (Å²) in [5.41, 5.74) is 0.356. The van der Waals surface area contributed by atoms with Crippen LogP contribution in [0.5, 0.6) is 0 Å². The molecule has 1 aromatic heterocycles. The number of aromatic nitrogens is 1. The third-order valence-corrected chi connectivity index (χ3v) is 8.57. The summed E-state index contributed by atoms with van der Waals surface area (Å²) in [6.07, 6.45) is -1.17. The van der Waals surface area contributed by atoms with Crippen molar-refractivity contribution in [2.45, 2.75) is 65.4 Å². The predicted molar refractivity (Wildman–Crippen MR) is 167 cm³/mol. The van der Waals surface area contributed by atoms with E-state index < -0.39 is 35.2 Å². The van der Waals surface area contributed by atoms with Crippen molar-refractivity contribution in [3.63, 3.8) is 0 Å². The fourth-order valence-electron chi connectivity index (χ4n) is 5.07. The van der Waals surface area contributed by atoms with Gasteiger partial charge in [-0.25, -0.2) is 19.0 Å². The van der Waals surface area contributed by atoms with Gasteiger partial charge in [-0.1, -0.05) is 34.5 Å². The molecule has 1 N–H and O–H groups in total. The SMILES string of the molecule is CC(C)(C)OC(=O)Nc1nc2c(-c3c(Cl)cc4c(c3Cl)COC[C@@H]3CN(C(=O)OC(C)(C)C)CCN3C4=O)ccc(F)c2s1. The van der Waals surface area contributed by atoms with Gasteiger partial charge in [0.15, 0.2) is 5.13 Å². The Kier molecular flexibility index (Phi) is 8.75. The number of hydrogen-bond acceptors (Lipinski definition) is 8. The van der Waals surface area contributed by atoms with Crippen LogP contribution in [0.3, 0.4) is 0 Å². The van der Waals surface area contributed by atoms with Gasteiger partial charge in [-0.2, -0.15) is 0 Å². The Morgan fingerprint density at radius 2 is 1.80 bits per heavy atom. The number of ether oxygens (including phenoxy) is 3. The zero-order chi connectivity index (χ0) is 32.1. The van der Waals surface area contributed by atoms with E-state index in [9.17, 15) is 18.8 Å². The number of carbonyl (C=O) groups excluding carboxylic acids is 3. The summed E-state index contributed by atoms with van der Waals surface area (Å²) in [6, 6.07) is 3.92. The van der Waals surface area contributed by atoms with Crippen LogP contribution in [0.15, 0.2) is 18.2 Å². The van der Waals surface area contributed by atoms with E-state index >= 15 is 0 Å². The summed E-state index contributed by atoms with van der Waals surface area (Å²) < 4.78 is 31.9. The largest absolute Gasteiger partial charge is 0.444 e. The van der Waals surface area contributed by atoms with Crippen LogP contribution in [0.1, 0.15) is 57.5 Å². The molecule has 236 valence electrons. The van der Waals surface area contributed by atoms with E-state index in [2.05, 4.69) is 10.3 Å². The summed E-state index contributed by atoms with van der Waals surface area (Å²) in [5, 5.41) is 3.02. The first-order chi connectivity index (χ1) is 20.5. The number of carbonyl (C=O) groups is 3. The van der Waals surface area contributed by atoms with Gasteiger partial charge in [0.1, 0.15) is 17.0 Å². The predicted octanol–water partition coefficient (Wildman–Crippen LogP) is 7.35. The molecule has 1 atom stereocenters. The van der Waals surface area contributed by atoms with Crippen LogP contribution in [0.2, 0.25) is 10.0 Å². The summed E-state index contributed by atoms with van der Waals surface area (Å²) in [7, 11) is 0. The van der Waals surface area contributed by atoms with Gasteiger partial charge in [0.2, 0.25) is 0 Å². The van der Waals surface area contributed by atoms with Crippen LogP contribution in [-0.4, -0.2) is 76.4 Å². The first-order valence-electron chi connectivity index (χ1n) is 14.0. The number of nitrogens with zero attached hydrogens (tertiary/aromatic N) is 3. The number of piperazine rings is 1. The molecule has 10 nitrogen and oxygen atoms in total. The van der Waals surface area contributed by atoms with Crippen molar-refractivity contribution in [2.24, 2.45) is 0 Å². The molecule has 44 heavy (non-hydrogen) atoms. The van der Waals surface area contributed by atoms with Crippen molar-refractivity contribution in [1.29, 1.82) is 0 Å². The zero-order valence-corrected chi connectivity index (χ0v) is 27.5. The number of fused-ring (bicyclic) bond motifs is 3. The third kappa shape index (κ3) is 6.73. The Labute approximate surface area is 268 Å². The molecule has 0 aliphatic carbocycles. The molecule has 1 fully saturated rings. The van der Waals surface area contributed by atoms with Gasteiger partial charge in [0, 0.05) is 41.9 Å². The molecule has 3 heterocycles. The third-order valence-electron chi connectivity index (χ3n) is 6.87. The lowest BCUT2D eigenvalue weighted by Gasteiger charge is -2.42. The quantitative estimate of drug-likeness (QED) is 0.304. The number of benzene rings is 2. The number of hydrogen-bond donors (Lipinski definition) is 1. The second-order valence-corrected chi connectivity index (χ2v) is 14.4. The van der Waals surface area contributed by atoms with Crippen LogP contribution in [0.25, 0.3) is 21.3 Å². The normalized spacial score (nSPS) is 17.5. The van der Waals surface area contributed by atoms with E-state index in [-0.39, 0.29) is 63.2 Å². The van der Waals surface area contributed by atoms with Crippen LogP contribution in [0.4, 0.5) is 19.1 Å². The molecule has 2 aliphatic rings. The summed E-state index contributed by atoms with van der Waals surface area (Å²) in [6.45, 7) is 11.6. The molecule has 3 aromatic rings. The van der Waals surface area contributed by atoms with E-state index in [1.54, 1.807) is 51.3 Å². The van der Waals surface area contributed by atoms with Gasteiger partial charge in [-0.15, -0.1) is 0 Å². The van der Waals surface area contributed by atoms with E-state index in [4.69, 9.17) is 37.4 Å². The minimum Gasteiger partial charge on any atom is -0.444 e. The summed E-state index contributed by atoms with van der Waals surface area (Å²) in [5.74, 6) is -0.818. The van der Waals surface area contributed by atoms with Gasteiger partial charge < -0.3 is 24.0 Å². The second kappa shape index (κ2) is 12.0. The van der Waals surface area contributed by atoms with Crippen LogP contribution in [-0.2, 0) is 20.8 Å². The van der Waals surface area contributed by atoms with Crippen molar-refractivity contribution >= 4 is 68.0 Å². The Balaban J connectivity index is 1.47. The molecule has 14 heteroatoms. The van der Waals surface area contributed by atoms with Gasteiger partial charge in [-0.05, 0) is 59.7 Å². The van der Waals surface area contributed by atoms with Crippen molar-refractivity contribution in [2.75, 3.05) is 31.6 Å². The molecular formula is C30H33Cl2FN4O6S. The fraction of sp³-hybridized carbons (Fsp3) is 0.467. The maximum Gasteiger partial charge on any atom is 0.413 e. The average Bonchev–Trinajstić information content (AvgIpc) is 3.32. The van der Waals surface area contributed by atoms with Crippen molar-refractivity contribution in [3.05, 3.63) is 45.2 Å². The van der Waals surface area contributed by atoms with Gasteiger partial charge >= 0.3 is 12.2 Å². The van der Waals surface area contributed by atoms with Gasteiger partial charge in [-0.3, -0.25) is 10.1 Å². The Morgan fingerprint density at radius 1 is 1.09 bits per heavy atom. The molecule has 0 saturated carbocycles. The van der Waals surface area contributed by atoms with E-state index in [0.717, 1.165) is 11.3 Å². The van der Waals surface area contributed by atoms with Crippen molar-refractivity contribution < 1.29 is 33.0 Å². The standard InChI is InChI=1S/C30H33Cl2FN4O6S/c1-29(2,3)42-27(39)35-26-34-23-16(7-8-20(33)24(23)44-26)21-19(31)11-17-18(22(21)32)14-41-13-15-12-36(9-10-37(15)25(17)38)28(40)43-30(4,5)6/h7-8,11,15H,9-10,12-14H2,1-6H3,(H,34,35,39)/t15-/m0/s1. The molecular weight excluding hydrogens is 634 g/mol. The van der Waals surface area contributed by atoms with Crippen molar-refractivity contribution in [1.82, 2.24) is 14.8 Å². The Morgan fingerprint density at radius 3 is 2.48 bits per heavy atom. The molecule has 5 rings (SSSR count). The molecule has 0 spiro atoms. The van der Waals surface area contributed by atoms with Crippen LogP contribution >= 0.6 is 34.5 Å².